The first kappa shape index (κ1) is 19.7. The van der Waals surface area contributed by atoms with E-state index in [-0.39, 0.29) is 6.04 Å². The molecule has 0 amide bonds. The maximum Gasteiger partial charge on any atom is 0.313 e. The first-order valence-electron chi connectivity index (χ1n) is 9.43. The summed E-state index contributed by atoms with van der Waals surface area (Å²) in [7, 11) is 0. The zero-order valence-electron chi connectivity index (χ0n) is 16.5. The van der Waals surface area contributed by atoms with Crippen molar-refractivity contribution < 1.29 is 9.90 Å². The van der Waals surface area contributed by atoms with Crippen LogP contribution in [0.15, 0.2) is 66.7 Å². The van der Waals surface area contributed by atoms with Crippen molar-refractivity contribution in [3.8, 4) is 11.8 Å². The van der Waals surface area contributed by atoms with Gasteiger partial charge in [0.05, 0.1) is 12.0 Å². The predicted octanol–water partition coefficient (Wildman–Crippen LogP) is 4.90. The molecule has 0 heterocycles. The summed E-state index contributed by atoms with van der Waals surface area (Å²) in [6.45, 7) is 6.13. The van der Waals surface area contributed by atoms with Gasteiger partial charge in [-0.2, -0.15) is 0 Å². The van der Waals surface area contributed by atoms with Crippen LogP contribution in [0.1, 0.15) is 43.5 Å². The van der Waals surface area contributed by atoms with Crippen molar-refractivity contribution in [2.24, 2.45) is 0 Å². The van der Waals surface area contributed by atoms with Crippen LogP contribution in [0, 0.1) is 11.8 Å². The van der Waals surface area contributed by atoms with Crippen LogP contribution in [-0.4, -0.2) is 17.6 Å². The van der Waals surface area contributed by atoms with Gasteiger partial charge in [-0.15, -0.1) is 0 Å². The molecule has 0 saturated heterocycles. The number of carboxylic acids is 1. The Morgan fingerprint density at radius 2 is 1.71 bits per heavy atom. The Bertz CT molecular complexity index is 1030. The first-order chi connectivity index (χ1) is 13.4. The number of carboxylic acid groups (broad SMARTS) is 1. The number of aliphatic carboxylic acids is 1. The molecule has 0 aliphatic carbocycles. The van der Waals surface area contributed by atoms with Crippen molar-refractivity contribution in [1.82, 2.24) is 5.32 Å². The molecule has 3 nitrogen and oxygen atoms in total. The van der Waals surface area contributed by atoms with Crippen LogP contribution in [0.3, 0.4) is 0 Å². The number of benzene rings is 3. The third-order valence-corrected chi connectivity index (χ3v) is 5.16. The molecule has 0 aromatic heterocycles. The molecule has 0 saturated carbocycles. The van der Waals surface area contributed by atoms with Crippen LogP contribution in [0.4, 0.5) is 0 Å². The SMILES string of the molecule is C[C@@H](NCC#Cc1ccc(C(C)(C)C(=O)O)cc1)c1cccc2ccccc12. The lowest BCUT2D eigenvalue weighted by atomic mass is 9.84. The standard InChI is InChI=1S/C25H25NO2/c1-18(22-12-6-10-20-9-4-5-11-23(20)22)26-17-7-8-19-13-15-21(16-14-19)25(2,3)24(27)28/h4-6,9-16,18,26H,17H2,1-3H3,(H,27,28)/t18-/m1/s1. The molecular weight excluding hydrogens is 346 g/mol. The fourth-order valence-corrected chi connectivity index (χ4v) is 3.18. The normalized spacial score (nSPS) is 12.2. The fraction of sp³-hybridized carbons (Fsp3) is 0.240. The van der Waals surface area contributed by atoms with Crippen LogP contribution in [0.5, 0.6) is 0 Å². The van der Waals surface area contributed by atoms with Gasteiger partial charge in [0.2, 0.25) is 0 Å². The van der Waals surface area contributed by atoms with Crippen molar-refractivity contribution in [1.29, 1.82) is 0 Å². The third-order valence-electron chi connectivity index (χ3n) is 5.16. The van der Waals surface area contributed by atoms with Crippen molar-refractivity contribution >= 4 is 16.7 Å². The first-order valence-corrected chi connectivity index (χ1v) is 9.43. The molecule has 0 radical (unpaired) electrons. The highest BCUT2D eigenvalue weighted by atomic mass is 16.4. The molecule has 3 heteroatoms. The summed E-state index contributed by atoms with van der Waals surface area (Å²) in [5.41, 5.74) is 2.01. The maximum atomic E-state index is 11.3. The van der Waals surface area contributed by atoms with E-state index in [0.29, 0.717) is 6.54 Å². The van der Waals surface area contributed by atoms with Gasteiger partial charge in [-0.25, -0.2) is 0 Å². The van der Waals surface area contributed by atoms with Crippen molar-refractivity contribution in [3.63, 3.8) is 0 Å². The molecule has 3 aromatic carbocycles. The summed E-state index contributed by atoms with van der Waals surface area (Å²) in [6, 6.07) is 22.4. The Balaban J connectivity index is 1.64. The van der Waals surface area contributed by atoms with Crippen LogP contribution < -0.4 is 5.32 Å². The molecule has 2 N–H and O–H groups in total. The van der Waals surface area contributed by atoms with Gasteiger partial charge in [-0.3, -0.25) is 10.1 Å². The van der Waals surface area contributed by atoms with Crippen molar-refractivity contribution in [3.05, 3.63) is 83.4 Å². The Morgan fingerprint density at radius 3 is 2.43 bits per heavy atom. The molecule has 0 unspecified atom stereocenters. The molecule has 0 bridgehead atoms. The molecule has 3 aromatic rings. The minimum Gasteiger partial charge on any atom is -0.481 e. The molecule has 28 heavy (non-hydrogen) atoms. The number of rotatable bonds is 5. The van der Waals surface area contributed by atoms with Gasteiger partial charge in [-0.05, 0) is 54.8 Å². The van der Waals surface area contributed by atoms with E-state index >= 15 is 0 Å². The quantitative estimate of drug-likeness (QED) is 0.627. The highest BCUT2D eigenvalue weighted by molar-refractivity contribution is 5.86. The van der Waals surface area contributed by atoms with Crippen LogP contribution in [0.2, 0.25) is 0 Å². The number of nitrogens with one attached hydrogen (secondary N) is 1. The van der Waals surface area contributed by atoms with Crippen molar-refractivity contribution in [2.45, 2.75) is 32.2 Å². The molecule has 0 aliphatic heterocycles. The van der Waals surface area contributed by atoms with Crippen LogP contribution in [0.25, 0.3) is 10.8 Å². The van der Waals surface area contributed by atoms with E-state index in [1.54, 1.807) is 13.8 Å². The van der Waals surface area contributed by atoms with Crippen molar-refractivity contribution in [2.75, 3.05) is 6.54 Å². The fourth-order valence-electron chi connectivity index (χ4n) is 3.18. The van der Waals surface area contributed by atoms with Crippen LogP contribution in [-0.2, 0) is 10.2 Å². The topological polar surface area (TPSA) is 49.3 Å². The largest absolute Gasteiger partial charge is 0.481 e. The van der Waals surface area contributed by atoms with E-state index in [9.17, 15) is 9.90 Å². The minimum atomic E-state index is -0.901. The molecule has 0 fully saturated rings. The van der Waals surface area contributed by atoms with Gasteiger partial charge < -0.3 is 5.11 Å². The molecule has 3 rings (SSSR count). The lowest BCUT2D eigenvalue weighted by Gasteiger charge is -2.19. The summed E-state index contributed by atoms with van der Waals surface area (Å²) < 4.78 is 0. The van der Waals surface area contributed by atoms with Gasteiger partial charge >= 0.3 is 5.97 Å². The minimum absolute atomic E-state index is 0.194. The lowest BCUT2D eigenvalue weighted by Crippen LogP contribution is -2.28. The lowest BCUT2D eigenvalue weighted by molar-refractivity contribution is -0.142. The summed E-state index contributed by atoms with van der Waals surface area (Å²) in [6.07, 6.45) is 0. The molecular formula is C25H25NO2. The third kappa shape index (κ3) is 4.24. The van der Waals surface area contributed by atoms with E-state index in [4.69, 9.17) is 0 Å². The number of fused-ring (bicyclic) bond motifs is 1. The average molecular weight is 371 g/mol. The van der Waals surface area contributed by atoms with Gasteiger partial charge in [0.1, 0.15) is 0 Å². The van der Waals surface area contributed by atoms with Gasteiger partial charge in [0, 0.05) is 11.6 Å². The van der Waals surface area contributed by atoms with Gasteiger partial charge in [0.15, 0.2) is 0 Å². The second kappa shape index (κ2) is 8.29. The molecule has 1 atom stereocenters. The Kier molecular flexibility index (Phi) is 5.82. The zero-order valence-corrected chi connectivity index (χ0v) is 16.5. The maximum absolute atomic E-state index is 11.3. The summed E-state index contributed by atoms with van der Waals surface area (Å²) >= 11 is 0. The van der Waals surface area contributed by atoms with E-state index in [1.165, 1.54) is 16.3 Å². The highest BCUT2D eigenvalue weighted by Gasteiger charge is 2.28. The Morgan fingerprint density at radius 1 is 1.04 bits per heavy atom. The van der Waals surface area contributed by atoms with E-state index in [2.05, 4.69) is 66.5 Å². The molecule has 0 spiro atoms. The molecule has 142 valence electrons. The summed E-state index contributed by atoms with van der Waals surface area (Å²) in [5, 5.41) is 15.3. The second-order valence-electron chi connectivity index (χ2n) is 7.48. The smallest absolute Gasteiger partial charge is 0.313 e. The predicted molar refractivity (Wildman–Crippen MR) is 114 cm³/mol. The second-order valence-corrected chi connectivity index (χ2v) is 7.48. The zero-order chi connectivity index (χ0) is 20.1. The number of hydrogen-bond donors (Lipinski definition) is 2. The number of hydrogen-bond acceptors (Lipinski definition) is 2. The monoisotopic (exact) mass is 371 g/mol. The highest BCUT2D eigenvalue weighted by Crippen LogP contribution is 2.24. The Labute approximate surface area is 166 Å². The number of carbonyl (C=O) groups is 1. The average Bonchev–Trinajstić information content (AvgIpc) is 2.71. The van der Waals surface area contributed by atoms with Gasteiger partial charge in [-0.1, -0.05) is 66.4 Å². The summed E-state index contributed by atoms with van der Waals surface area (Å²) in [5.74, 6) is 5.46. The molecule has 0 aliphatic rings. The van der Waals surface area contributed by atoms with E-state index in [0.717, 1.165) is 11.1 Å². The van der Waals surface area contributed by atoms with E-state index < -0.39 is 11.4 Å². The van der Waals surface area contributed by atoms with Crippen LogP contribution >= 0.6 is 0 Å². The van der Waals surface area contributed by atoms with Gasteiger partial charge in [0.25, 0.3) is 0 Å². The Hall–Kier alpha value is -3.09. The summed E-state index contributed by atoms with van der Waals surface area (Å²) in [4.78, 5) is 11.3. The van der Waals surface area contributed by atoms with E-state index in [1.807, 2.05) is 24.3 Å².